The van der Waals surface area contributed by atoms with E-state index in [0.29, 0.717) is 0 Å². The summed E-state index contributed by atoms with van der Waals surface area (Å²) >= 11 is 11.1. The Balaban J connectivity index is 3.07. The Bertz CT molecular complexity index is 70.8. The van der Waals surface area contributed by atoms with Gasteiger partial charge in [0.05, 0.1) is 0 Å². The molecular weight excluding hydrogens is 159 g/mol. The zero-order valence-electron chi connectivity index (χ0n) is 4.90. The molecule has 0 fully saturated rings. The highest BCUT2D eigenvalue weighted by Crippen LogP contribution is 1.98. The molecule has 0 aliphatic rings. The average Bonchev–Trinajstić information content (AvgIpc) is 1.66. The number of halogens is 2. The topological polar surface area (TPSA) is 0 Å². The summed E-state index contributed by atoms with van der Waals surface area (Å²) in [5, 5.41) is 0. The number of unbranched alkanes of at least 4 members (excludes halogenated alkanes) is 1. The molecule has 0 aromatic rings. The minimum absolute atomic E-state index is 1.10. The molecule has 3 heteroatoms. The van der Waals surface area contributed by atoms with E-state index in [2.05, 4.69) is 13.0 Å². The van der Waals surface area contributed by atoms with E-state index in [1.54, 1.807) is 0 Å². The summed E-state index contributed by atoms with van der Waals surface area (Å²) in [4.78, 5) is 0. The van der Waals surface area contributed by atoms with Crippen LogP contribution in [0.3, 0.4) is 0 Å². The van der Waals surface area contributed by atoms with Crippen molar-refractivity contribution in [3.63, 3.8) is 0 Å². The first kappa shape index (κ1) is 8.54. The van der Waals surface area contributed by atoms with Crippen LogP contribution in [0.25, 0.3) is 0 Å². The molecule has 0 unspecified atom stereocenters. The van der Waals surface area contributed by atoms with Crippen molar-refractivity contribution in [2.75, 3.05) is 0 Å². The molecule has 0 saturated heterocycles. The highest BCUT2D eigenvalue weighted by Gasteiger charge is 1.89. The molecule has 0 radical (unpaired) electrons. The summed E-state index contributed by atoms with van der Waals surface area (Å²) < 4.78 is 0. The summed E-state index contributed by atoms with van der Waals surface area (Å²) in [6.07, 6.45) is 4.32. The molecule has 48 valence electrons. The quantitative estimate of drug-likeness (QED) is 0.450. The van der Waals surface area contributed by atoms with Gasteiger partial charge in [0.15, 0.2) is 0 Å². The summed E-state index contributed by atoms with van der Waals surface area (Å²) in [6, 6.07) is 0. The van der Waals surface area contributed by atoms with Gasteiger partial charge in [-0.1, -0.05) is 25.1 Å². The van der Waals surface area contributed by atoms with Gasteiger partial charge in [0.1, 0.15) is 0 Å². The Labute approximate surface area is 61.5 Å². The lowest BCUT2D eigenvalue weighted by atomic mass is 10.3. The molecule has 0 spiro atoms. The van der Waals surface area contributed by atoms with Gasteiger partial charge >= 0.3 is 0 Å². The van der Waals surface area contributed by atoms with Gasteiger partial charge < -0.3 is 0 Å². The molecule has 0 amide bonds. The minimum Gasteiger partial charge on any atom is -0.145 e. The molecule has 8 heavy (non-hydrogen) atoms. The van der Waals surface area contributed by atoms with Crippen LogP contribution in [0.1, 0.15) is 19.8 Å². The van der Waals surface area contributed by atoms with E-state index in [9.17, 15) is 0 Å². The Morgan fingerprint density at radius 1 is 1.50 bits per heavy atom. The van der Waals surface area contributed by atoms with Crippen LogP contribution < -0.4 is 0 Å². The largest absolute Gasteiger partial charge is 0.259 e. The van der Waals surface area contributed by atoms with Crippen LogP contribution >= 0.6 is 22.2 Å². The summed E-state index contributed by atoms with van der Waals surface area (Å²) in [5.41, 5.74) is 1.92. The van der Waals surface area contributed by atoms with Gasteiger partial charge in [-0.2, -0.15) is 0 Å². The highest BCUT2D eigenvalue weighted by atomic mass is 35.7. The molecule has 0 atom stereocenters. The van der Waals surface area contributed by atoms with E-state index in [4.69, 9.17) is 22.2 Å². The minimum atomic E-state index is -1.44. The van der Waals surface area contributed by atoms with Gasteiger partial charge in [-0.15, -0.1) is 22.2 Å². The van der Waals surface area contributed by atoms with E-state index in [1.165, 1.54) is 6.42 Å². The predicted octanol–water partition coefficient (Wildman–Crippen LogP) is 2.58. The van der Waals surface area contributed by atoms with Gasteiger partial charge in [0.25, 0.3) is 7.42 Å². The Morgan fingerprint density at radius 3 is 2.50 bits per heavy atom. The first-order valence-electron chi connectivity index (χ1n) is 2.72. The van der Waals surface area contributed by atoms with Crippen molar-refractivity contribution in [3.8, 4) is 0 Å². The average molecular weight is 169 g/mol. The molecule has 0 aromatic heterocycles. The molecule has 0 nitrogen and oxygen atoms in total. The number of allylic oxidation sites excluding steroid dienone is 1. The molecule has 0 aliphatic carbocycles. The number of hydrogen-bond acceptors (Lipinski definition) is 0. The Morgan fingerprint density at radius 2 is 2.12 bits per heavy atom. The Hall–Kier alpha value is 0.537. The standard InChI is InChI=1S/C5H10Cl2Si/c1-2-3-4-5-8(6)7/h4-5,8H,2-3H2,1H3. The fraction of sp³-hybridized carbons (Fsp3) is 0.600. The second-order valence-electron chi connectivity index (χ2n) is 1.55. The third kappa shape index (κ3) is 6.54. The van der Waals surface area contributed by atoms with Crippen molar-refractivity contribution in [1.82, 2.24) is 0 Å². The first-order valence-corrected chi connectivity index (χ1v) is 6.88. The lowest BCUT2D eigenvalue weighted by molar-refractivity contribution is 0.960. The van der Waals surface area contributed by atoms with Crippen molar-refractivity contribution in [3.05, 3.63) is 11.8 Å². The van der Waals surface area contributed by atoms with Crippen LogP contribution in [0.4, 0.5) is 0 Å². The lowest BCUT2D eigenvalue weighted by Crippen LogP contribution is -1.82. The first-order chi connectivity index (χ1) is 3.77. The van der Waals surface area contributed by atoms with E-state index >= 15 is 0 Å². The van der Waals surface area contributed by atoms with Crippen molar-refractivity contribution >= 4 is 29.6 Å². The van der Waals surface area contributed by atoms with Gasteiger partial charge in [-0.3, -0.25) is 0 Å². The highest BCUT2D eigenvalue weighted by molar-refractivity contribution is 7.36. The van der Waals surface area contributed by atoms with Gasteiger partial charge in [-0.25, -0.2) is 0 Å². The molecule has 0 heterocycles. The third-order valence-corrected chi connectivity index (χ3v) is 2.17. The van der Waals surface area contributed by atoms with Crippen LogP contribution in [0.5, 0.6) is 0 Å². The predicted molar refractivity (Wildman–Crippen MR) is 42.9 cm³/mol. The summed E-state index contributed by atoms with van der Waals surface area (Å²) in [6.45, 7) is 2.13. The summed E-state index contributed by atoms with van der Waals surface area (Å²) in [7, 11) is -1.44. The van der Waals surface area contributed by atoms with Crippen molar-refractivity contribution < 1.29 is 0 Å². The van der Waals surface area contributed by atoms with E-state index in [-0.39, 0.29) is 0 Å². The zero-order valence-corrected chi connectivity index (χ0v) is 7.57. The molecule has 0 rings (SSSR count). The molecule has 0 N–H and O–H groups in total. The molecule has 0 aliphatic heterocycles. The SMILES string of the molecule is CCCC=C[SiH](Cl)Cl. The fourth-order valence-electron chi connectivity index (χ4n) is 0.366. The van der Waals surface area contributed by atoms with Crippen LogP contribution in [-0.4, -0.2) is 7.42 Å². The lowest BCUT2D eigenvalue weighted by Gasteiger charge is -1.84. The number of rotatable bonds is 3. The summed E-state index contributed by atoms with van der Waals surface area (Å²) in [5.74, 6) is 0. The van der Waals surface area contributed by atoms with Crippen LogP contribution in [0, 0.1) is 0 Å². The Kier molecular flexibility index (Phi) is 6.05. The van der Waals surface area contributed by atoms with Crippen LogP contribution in [-0.2, 0) is 0 Å². The number of hydrogen-bond donors (Lipinski definition) is 0. The maximum absolute atomic E-state index is 5.53. The van der Waals surface area contributed by atoms with Crippen molar-refractivity contribution in [2.45, 2.75) is 19.8 Å². The molecule has 0 aromatic carbocycles. The van der Waals surface area contributed by atoms with Crippen LogP contribution in [0.15, 0.2) is 11.8 Å². The van der Waals surface area contributed by atoms with Crippen molar-refractivity contribution in [2.24, 2.45) is 0 Å². The zero-order chi connectivity index (χ0) is 6.41. The van der Waals surface area contributed by atoms with Crippen molar-refractivity contribution in [1.29, 1.82) is 0 Å². The molecular formula is C5H10Cl2Si. The molecule has 0 saturated carbocycles. The maximum atomic E-state index is 5.53. The van der Waals surface area contributed by atoms with Gasteiger partial charge in [-0.05, 0) is 6.42 Å². The fourth-order valence-corrected chi connectivity index (χ4v) is 1.38. The van der Waals surface area contributed by atoms with Gasteiger partial charge in [0, 0.05) is 0 Å². The normalized spacial score (nSPS) is 11.5. The van der Waals surface area contributed by atoms with E-state index in [1.807, 2.05) is 5.70 Å². The maximum Gasteiger partial charge on any atom is 0.259 e. The van der Waals surface area contributed by atoms with Gasteiger partial charge in [0.2, 0.25) is 0 Å². The van der Waals surface area contributed by atoms with Crippen LogP contribution in [0.2, 0.25) is 0 Å². The smallest absolute Gasteiger partial charge is 0.145 e. The molecule has 0 bridgehead atoms. The van der Waals surface area contributed by atoms with E-state index < -0.39 is 7.42 Å². The monoisotopic (exact) mass is 168 g/mol. The second-order valence-corrected chi connectivity index (χ2v) is 6.10. The second kappa shape index (κ2) is 5.67. The third-order valence-electron chi connectivity index (χ3n) is 0.737. The van der Waals surface area contributed by atoms with E-state index in [0.717, 1.165) is 6.42 Å².